The second kappa shape index (κ2) is 39.3. The molecule has 78 heavy (non-hydrogen) atoms. The number of aliphatic carboxylic acids is 1. The van der Waals surface area contributed by atoms with Crippen LogP contribution in [0.2, 0.25) is 0 Å². The molecule has 0 aliphatic heterocycles. The van der Waals surface area contributed by atoms with Crippen LogP contribution < -0.4 is 44.2 Å². The van der Waals surface area contributed by atoms with Crippen LogP contribution in [0.3, 0.4) is 0 Å². The number of carbonyl (C=O) groups is 8. The molecule has 0 aliphatic carbocycles. The van der Waals surface area contributed by atoms with Crippen molar-refractivity contribution in [3.05, 3.63) is 108 Å². The molecule has 3 aromatic rings. The van der Waals surface area contributed by atoms with Gasteiger partial charge in [-0.15, -0.1) is 0 Å². The molecule has 0 unspecified atom stereocenters. The molecular weight excluding hydrogens is 989 g/mol. The van der Waals surface area contributed by atoms with Gasteiger partial charge in [-0.1, -0.05) is 140 Å². The quantitative estimate of drug-likeness (QED) is 0.0291. The van der Waals surface area contributed by atoms with Crippen molar-refractivity contribution in [2.45, 2.75) is 175 Å². The number of unbranched alkanes of at least 4 members (excludes halogenated alkanes) is 1. The Hall–Kier alpha value is -6.14. The van der Waals surface area contributed by atoms with Crippen LogP contribution in [0.5, 0.6) is 0 Å². The zero-order valence-electron chi connectivity index (χ0n) is 46.7. The number of hydrogen-bond acceptors (Lipinski definition) is 12. The molecule has 0 fully saturated rings. The number of amides is 4. The van der Waals surface area contributed by atoms with Crippen LogP contribution in [0.15, 0.2) is 91.0 Å². The highest BCUT2D eigenvalue weighted by Gasteiger charge is 2.34. The lowest BCUT2D eigenvalue weighted by Crippen LogP contribution is -2.50. The number of rotatable bonds is 38. The summed E-state index contributed by atoms with van der Waals surface area (Å²) < 4.78 is 0. The minimum atomic E-state index is -1.29. The van der Waals surface area contributed by atoms with E-state index in [1.54, 1.807) is 0 Å². The van der Waals surface area contributed by atoms with Gasteiger partial charge in [0.05, 0.1) is 24.2 Å². The van der Waals surface area contributed by atoms with E-state index < -0.39 is 71.7 Å². The molecule has 0 bridgehead atoms. The van der Waals surface area contributed by atoms with E-state index in [9.17, 15) is 43.5 Å². The van der Waals surface area contributed by atoms with Gasteiger partial charge in [-0.25, -0.2) is 4.79 Å². The largest absolute Gasteiger partial charge is 0.480 e. The van der Waals surface area contributed by atoms with Crippen LogP contribution in [0.25, 0.3) is 0 Å². The first-order valence-electron chi connectivity index (χ1n) is 27.8. The van der Waals surface area contributed by atoms with Gasteiger partial charge in [-0.3, -0.25) is 33.6 Å². The fourth-order valence-corrected chi connectivity index (χ4v) is 9.07. The van der Waals surface area contributed by atoms with Gasteiger partial charge < -0.3 is 49.3 Å². The number of Topliss-reactive ketones (excluding diaryl/α,β-unsaturated/α-hetero) is 3. The molecule has 0 saturated carbocycles. The Morgan fingerprint density at radius 3 is 1.28 bits per heavy atom. The topological polar surface area (TPSA) is 309 Å². The lowest BCUT2D eigenvalue weighted by atomic mass is 9.88. The van der Waals surface area contributed by atoms with Crippen LogP contribution in [0.1, 0.15) is 143 Å². The molecule has 0 heterocycles. The van der Waals surface area contributed by atoms with E-state index in [1.165, 1.54) is 0 Å². The van der Waals surface area contributed by atoms with Gasteiger partial charge >= 0.3 is 5.97 Å². The molecule has 0 aromatic heterocycles. The predicted molar refractivity (Wildman–Crippen MR) is 310 cm³/mol. The molecule has 3 aromatic carbocycles. The van der Waals surface area contributed by atoms with Crippen molar-refractivity contribution in [1.29, 1.82) is 0 Å². The molecule has 3 rings (SSSR count). The summed E-state index contributed by atoms with van der Waals surface area (Å²) in [7, 11) is 0. The van der Waals surface area contributed by atoms with Crippen molar-refractivity contribution in [2.75, 3.05) is 19.6 Å². The fourth-order valence-electron chi connectivity index (χ4n) is 9.07. The van der Waals surface area contributed by atoms with Crippen LogP contribution in [-0.2, 0) is 57.6 Å². The van der Waals surface area contributed by atoms with Gasteiger partial charge in [0.25, 0.3) is 0 Å². The van der Waals surface area contributed by atoms with Crippen molar-refractivity contribution in [3.63, 3.8) is 0 Å². The Bertz CT molecular complexity index is 2230. The fraction of sp³-hybridized carbons (Fsp3) is 0.574. The third kappa shape index (κ3) is 27.4. The highest BCUT2D eigenvalue weighted by molar-refractivity contribution is 5.96. The van der Waals surface area contributed by atoms with Crippen LogP contribution >= 0.6 is 0 Å². The number of nitrogens with two attached hydrogens (primary N) is 4. The van der Waals surface area contributed by atoms with Crippen molar-refractivity contribution in [3.8, 4) is 0 Å². The predicted octanol–water partition coefficient (Wildman–Crippen LogP) is 6.15. The first-order valence-corrected chi connectivity index (χ1v) is 27.8. The van der Waals surface area contributed by atoms with Crippen molar-refractivity contribution < 1.29 is 43.5 Å². The summed E-state index contributed by atoms with van der Waals surface area (Å²) >= 11 is 0. The number of carboxylic acid groups (broad SMARTS) is 1. The maximum absolute atomic E-state index is 14.1. The average Bonchev–Trinajstić information content (AvgIpc) is 3.40. The summed E-state index contributed by atoms with van der Waals surface area (Å²) in [5, 5.41) is 21.4. The zero-order valence-corrected chi connectivity index (χ0v) is 46.7. The molecule has 0 aliphatic rings. The lowest BCUT2D eigenvalue weighted by Gasteiger charge is -2.25. The molecule has 4 amide bonds. The molecule has 17 nitrogen and oxygen atoms in total. The number of carbonyl (C=O) groups excluding carboxylic acids is 7. The standard InChI is InChI=1S/C58H86N8O9.C2H6.CH4/c1-38(2)30-49(65-56(72)45(32-40-18-8-5-9-19-40)37-51(67)46(61)33-41-20-10-6-11-21-41)52(68)35-43(24-16-27-59)54(70)63-29-15-14-26-48(58(74)75)64-55(71)44(25-17-28-60)36-53(69)50(31-39(3)4)66-57(73)47(62)34-42-22-12-7-13-23-42;1-2;/h5-13,18-23,38-39,43-50H,14-17,24-37,59-62H2,1-4H3,(H,63,70)(H,64,71)(H,65,72)(H,66,73)(H,74,75);1-2H3;1H4/t43-,44-,45-,46+,47+,48-,49+,50+;;/m0../s1. The Labute approximate surface area is 465 Å². The summed E-state index contributed by atoms with van der Waals surface area (Å²) in [5.41, 5.74) is 26.8. The monoisotopic (exact) mass is 1080 g/mol. The van der Waals surface area contributed by atoms with Gasteiger partial charge in [-0.2, -0.15) is 0 Å². The van der Waals surface area contributed by atoms with Gasteiger partial charge in [0, 0.05) is 43.6 Å². The van der Waals surface area contributed by atoms with Gasteiger partial charge in [0.15, 0.2) is 17.3 Å². The summed E-state index contributed by atoms with van der Waals surface area (Å²) in [4.78, 5) is 109. The summed E-state index contributed by atoms with van der Waals surface area (Å²) in [5.74, 6) is -6.61. The third-order valence-corrected chi connectivity index (χ3v) is 13.3. The molecule has 17 heteroatoms. The Kier molecular flexibility index (Phi) is 35.2. The normalized spacial score (nSPS) is 14.1. The second-order valence-electron chi connectivity index (χ2n) is 20.8. The third-order valence-electron chi connectivity index (χ3n) is 13.3. The number of benzene rings is 3. The number of ketones is 3. The summed E-state index contributed by atoms with van der Waals surface area (Å²) in [6, 6.07) is 23.1. The van der Waals surface area contributed by atoms with E-state index in [4.69, 9.17) is 22.9 Å². The molecular formula is C61H96N8O9. The van der Waals surface area contributed by atoms with Crippen LogP contribution in [0.4, 0.5) is 0 Å². The van der Waals surface area contributed by atoms with E-state index >= 15 is 0 Å². The van der Waals surface area contributed by atoms with E-state index in [0.29, 0.717) is 51.4 Å². The average molecular weight is 1090 g/mol. The highest BCUT2D eigenvalue weighted by Crippen LogP contribution is 2.21. The first-order chi connectivity index (χ1) is 36.8. The minimum absolute atomic E-state index is 0. The van der Waals surface area contributed by atoms with E-state index in [0.717, 1.165) is 16.7 Å². The van der Waals surface area contributed by atoms with Gasteiger partial charge in [0.1, 0.15) is 6.04 Å². The number of hydrogen-bond donors (Lipinski definition) is 9. The smallest absolute Gasteiger partial charge is 0.326 e. The molecule has 0 saturated heterocycles. The maximum atomic E-state index is 14.1. The second-order valence-corrected chi connectivity index (χ2v) is 20.8. The number of nitrogens with one attached hydrogen (secondary N) is 4. The van der Waals surface area contributed by atoms with E-state index in [-0.39, 0.29) is 107 Å². The summed E-state index contributed by atoms with van der Waals surface area (Å²) in [6.45, 7) is 12.4. The van der Waals surface area contributed by atoms with Crippen molar-refractivity contribution in [1.82, 2.24) is 21.3 Å². The Morgan fingerprint density at radius 1 is 0.462 bits per heavy atom. The maximum Gasteiger partial charge on any atom is 0.326 e. The van der Waals surface area contributed by atoms with Gasteiger partial charge in [0.2, 0.25) is 23.6 Å². The lowest BCUT2D eigenvalue weighted by molar-refractivity contribution is -0.143. The van der Waals surface area contributed by atoms with Crippen molar-refractivity contribution in [2.24, 2.45) is 52.5 Å². The van der Waals surface area contributed by atoms with Crippen molar-refractivity contribution >= 4 is 46.9 Å². The zero-order chi connectivity index (χ0) is 57.3. The molecule has 0 radical (unpaired) electrons. The first kappa shape index (κ1) is 69.9. The van der Waals surface area contributed by atoms with Gasteiger partial charge in [-0.05, 0) is 119 Å². The van der Waals surface area contributed by atoms with Crippen LogP contribution in [-0.4, -0.2) is 102 Å². The molecule has 13 N–H and O–H groups in total. The highest BCUT2D eigenvalue weighted by atomic mass is 16.4. The van der Waals surface area contributed by atoms with Crippen LogP contribution in [0, 0.1) is 29.6 Å². The SMILES string of the molecule is C.CC.CC(C)C[C@@H](NC(=O)[C@H](CC(=O)[C@H](N)Cc1ccccc1)Cc1ccccc1)C(=O)C[C@H](CCCN)C(=O)NCCCC[C@H](NC(=O)[C@@H](CCCN)CC(=O)[C@@H](CC(C)C)NC(=O)[C@H](N)Cc1ccccc1)C(=O)O. The molecule has 434 valence electrons. The molecule has 8 atom stereocenters. The molecule has 0 spiro atoms. The Morgan fingerprint density at radius 2 is 0.846 bits per heavy atom. The number of carboxylic acids is 1. The van der Waals surface area contributed by atoms with E-state index in [2.05, 4.69) is 21.3 Å². The Balaban J connectivity index is 0.0000100. The minimum Gasteiger partial charge on any atom is -0.480 e. The summed E-state index contributed by atoms with van der Waals surface area (Å²) in [6.07, 6.45) is 3.02. The van der Waals surface area contributed by atoms with E-state index in [1.807, 2.05) is 133 Å².